The second-order valence-corrected chi connectivity index (χ2v) is 10.0. The van der Waals surface area contributed by atoms with Crippen LogP contribution in [-0.2, 0) is 25.6 Å². The molecule has 10 nitrogen and oxygen atoms in total. The van der Waals surface area contributed by atoms with Gasteiger partial charge in [-0.3, -0.25) is 14.4 Å². The zero-order valence-electron chi connectivity index (χ0n) is 21.4. The van der Waals surface area contributed by atoms with Gasteiger partial charge in [-0.15, -0.1) is 0 Å². The summed E-state index contributed by atoms with van der Waals surface area (Å²) in [6.07, 6.45) is 4.26. The Morgan fingerprint density at radius 3 is 2.11 bits per heavy atom. The number of rotatable bonds is 17. The number of nitrogens with two attached hydrogens (primary N) is 2. The van der Waals surface area contributed by atoms with Gasteiger partial charge in [0.2, 0.25) is 17.7 Å². The monoisotopic (exact) mass is 523 g/mol. The van der Waals surface area contributed by atoms with Crippen LogP contribution < -0.4 is 27.4 Å². The third kappa shape index (κ3) is 11.4. The fourth-order valence-corrected chi connectivity index (χ4v) is 3.99. The summed E-state index contributed by atoms with van der Waals surface area (Å²) < 4.78 is 0. The fraction of sp³-hybridized carbons (Fsp3) is 0.600. The average molecular weight is 524 g/mol. The predicted octanol–water partition coefficient (Wildman–Crippen LogP) is 0.634. The van der Waals surface area contributed by atoms with Gasteiger partial charge in [-0.2, -0.15) is 11.8 Å². The van der Waals surface area contributed by atoms with E-state index in [4.69, 9.17) is 11.5 Å². The summed E-state index contributed by atoms with van der Waals surface area (Å²) in [5, 5.41) is 17.6. The standard InChI is InChI=1S/C25H41N5O5S/c1-16(2)21(24(33)29-20(25(34)35)15-17-9-5-4-6-10-17)30-23(32)19(12-14-36-3)28-22(31)18(27)11-7-8-13-26/h4-6,9-10,16,18-21H,7-8,11-15,26-27H2,1-3H3,(H,28,31)(H,29,33)(H,30,32)(H,34,35). The zero-order valence-corrected chi connectivity index (χ0v) is 22.2. The summed E-state index contributed by atoms with van der Waals surface area (Å²) >= 11 is 1.52. The summed E-state index contributed by atoms with van der Waals surface area (Å²) in [5.74, 6) is -2.44. The van der Waals surface area contributed by atoms with Gasteiger partial charge in [0.15, 0.2) is 0 Å². The van der Waals surface area contributed by atoms with Crippen LogP contribution in [0, 0.1) is 5.92 Å². The lowest BCUT2D eigenvalue weighted by molar-refractivity contribution is -0.142. The second-order valence-electron chi connectivity index (χ2n) is 9.05. The minimum Gasteiger partial charge on any atom is -0.480 e. The quantitative estimate of drug-likeness (QED) is 0.161. The summed E-state index contributed by atoms with van der Waals surface area (Å²) in [6.45, 7) is 4.01. The molecule has 4 unspecified atom stereocenters. The molecule has 0 radical (unpaired) electrons. The molecule has 0 saturated carbocycles. The number of hydrogen-bond donors (Lipinski definition) is 6. The van der Waals surface area contributed by atoms with Crippen molar-refractivity contribution in [3.63, 3.8) is 0 Å². The molecule has 0 heterocycles. The fourth-order valence-electron chi connectivity index (χ4n) is 3.52. The minimum atomic E-state index is -1.17. The molecule has 0 aliphatic carbocycles. The number of carbonyl (C=O) groups is 4. The molecular formula is C25H41N5O5S. The maximum absolute atomic E-state index is 13.1. The van der Waals surface area contributed by atoms with Crippen molar-refractivity contribution in [1.82, 2.24) is 16.0 Å². The Morgan fingerprint density at radius 1 is 0.917 bits per heavy atom. The molecule has 4 atom stereocenters. The number of unbranched alkanes of at least 4 members (excludes halogenated alkanes) is 1. The van der Waals surface area contributed by atoms with Crippen LogP contribution >= 0.6 is 11.8 Å². The van der Waals surface area contributed by atoms with E-state index in [9.17, 15) is 24.3 Å². The Kier molecular flexibility index (Phi) is 14.8. The van der Waals surface area contributed by atoms with Gasteiger partial charge in [-0.05, 0) is 49.3 Å². The van der Waals surface area contributed by atoms with Crippen molar-refractivity contribution in [2.24, 2.45) is 17.4 Å². The Labute approximate surface area is 217 Å². The van der Waals surface area contributed by atoms with Crippen molar-refractivity contribution >= 4 is 35.5 Å². The second kappa shape index (κ2) is 16.9. The number of nitrogens with one attached hydrogen (secondary N) is 3. The van der Waals surface area contributed by atoms with Crippen molar-refractivity contribution in [1.29, 1.82) is 0 Å². The molecule has 11 heteroatoms. The molecule has 36 heavy (non-hydrogen) atoms. The molecule has 0 aromatic heterocycles. The van der Waals surface area contributed by atoms with E-state index in [1.165, 1.54) is 11.8 Å². The van der Waals surface area contributed by atoms with Gasteiger partial charge < -0.3 is 32.5 Å². The van der Waals surface area contributed by atoms with E-state index < -0.39 is 47.9 Å². The summed E-state index contributed by atoms with van der Waals surface area (Å²) in [7, 11) is 0. The number of benzene rings is 1. The maximum Gasteiger partial charge on any atom is 0.326 e. The van der Waals surface area contributed by atoms with Crippen LogP contribution in [0.5, 0.6) is 0 Å². The van der Waals surface area contributed by atoms with Crippen molar-refractivity contribution < 1.29 is 24.3 Å². The highest BCUT2D eigenvalue weighted by molar-refractivity contribution is 7.98. The molecule has 1 aromatic carbocycles. The highest BCUT2D eigenvalue weighted by Gasteiger charge is 2.31. The number of thioether (sulfide) groups is 1. The van der Waals surface area contributed by atoms with Crippen LogP contribution in [0.4, 0.5) is 0 Å². The lowest BCUT2D eigenvalue weighted by Gasteiger charge is -2.27. The lowest BCUT2D eigenvalue weighted by Crippen LogP contribution is -2.58. The van der Waals surface area contributed by atoms with Crippen LogP contribution in [-0.4, -0.2) is 71.5 Å². The Bertz CT molecular complexity index is 839. The number of carboxylic acid groups (broad SMARTS) is 1. The third-order valence-electron chi connectivity index (χ3n) is 5.69. The topological polar surface area (TPSA) is 177 Å². The molecule has 0 aliphatic heterocycles. The van der Waals surface area contributed by atoms with E-state index in [1.807, 2.05) is 12.3 Å². The minimum absolute atomic E-state index is 0.106. The number of carboxylic acids is 1. The normalized spacial score (nSPS) is 14.4. The summed E-state index contributed by atoms with van der Waals surface area (Å²) in [5.41, 5.74) is 12.2. The largest absolute Gasteiger partial charge is 0.480 e. The SMILES string of the molecule is CSCCC(NC(=O)C(N)CCCCN)C(=O)NC(C(=O)NC(Cc1ccccc1)C(=O)O)C(C)C. The molecule has 0 spiro atoms. The van der Waals surface area contributed by atoms with Crippen LogP contribution in [0.3, 0.4) is 0 Å². The van der Waals surface area contributed by atoms with Crippen molar-refractivity contribution in [3.8, 4) is 0 Å². The van der Waals surface area contributed by atoms with E-state index in [0.717, 1.165) is 12.0 Å². The average Bonchev–Trinajstić information content (AvgIpc) is 2.84. The van der Waals surface area contributed by atoms with Crippen molar-refractivity contribution in [2.75, 3.05) is 18.6 Å². The predicted molar refractivity (Wildman–Crippen MR) is 142 cm³/mol. The first-order valence-corrected chi connectivity index (χ1v) is 13.6. The molecule has 202 valence electrons. The number of aliphatic carboxylic acids is 1. The van der Waals surface area contributed by atoms with Gasteiger partial charge in [-0.1, -0.05) is 50.6 Å². The number of carbonyl (C=O) groups excluding carboxylic acids is 3. The summed E-state index contributed by atoms with van der Waals surface area (Å²) in [6, 6.07) is 5.19. The van der Waals surface area contributed by atoms with Crippen molar-refractivity contribution in [3.05, 3.63) is 35.9 Å². The van der Waals surface area contributed by atoms with E-state index in [2.05, 4.69) is 16.0 Å². The van der Waals surface area contributed by atoms with Crippen LogP contribution in [0.2, 0.25) is 0 Å². The molecule has 0 aliphatic rings. The first-order valence-electron chi connectivity index (χ1n) is 12.2. The van der Waals surface area contributed by atoms with Gasteiger partial charge in [0.05, 0.1) is 6.04 Å². The van der Waals surface area contributed by atoms with Gasteiger partial charge in [-0.25, -0.2) is 4.79 Å². The van der Waals surface area contributed by atoms with E-state index >= 15 is 0 Å². The van der Waals surface area contributed by atoms with Crippen LogP contribution in [0.1, 0.15) is 45.1 Å². The van der Waals surface area contributed by atoms with Gasteiger partial charge in [0, 0.05) is 6.42 Å². The van der Waals surface area contributed by atoms with Crippen molar-refractivity contribution in [2.45, 2.75) is 70.1 Å². The van der Waals surface area contributed by atoms with Gasteiger partial charge in [0.1, 0.15) is 18.1 Å². The molecule has 8 N–H and O–H groups in total. The molecule has 1 rings (SSSR count). The summed E-state index contributed by atoms with van der Waals surface area (Å²) in [4.78, 5) is 50.5. The van der Waals surface area contributed by atoms with Crippen LogP contribution in [0.25, 0.3) is 0 Å². The van der Waals surface area contributed by atoms with Crippen LogP contribution in [0.15, 0.2) is 30.3 Å². The highest BCUT2D eigenvalue weighted by Crippen LogP contribution is 2.09. The molecule has 1 aromatic rings. The molecule has 0 saturated heterocycles. The smallest absolute Gasteiger partial charge is 0.326 e. The van der Waals surface area contributed by atoms with Gasteiger partial charge in [0.25, 0.3) is 0 Å². The zero-order chi connectivity index (χ0) is 27.1. The Morgan fingerprint density at radius 2 is 1.56 bits per heavy atom. The first-order chi connectivity index (χ1) is 17.1. The molecular weight excluding hydrogens is 482 g/mol. The number of hydrogen-bond acceptors (Lipinski definition) is 7. The molecule has 0 bridgehead atoms. The Hall–Kier alpha value is -2.63. The molecule has 3 amide bonds. The first kappa shape index (κ1) is 31.4. The number of amides is 3. The molecule has 0 fully saturated rings. The van der Waals surface area contributed by atoms with E-state index in [1.54, 1.807) is 38.1 Å². The van der Waals surface area contributed by atoms with E-state index in [0.29, 0.717) is 31.6 Å². The van der Waals surface area contributed by atoms with E-state index in [-0.39, 0.29) is 12.3 Å². The Balaban J connectivity index is 2.89. The third-order valence-corrected chi connectivity index (χ3v) is 6.34. The highest BCUT2D eigenvalue weighted by atomic mass is 32.2. The lowest BCUT2D eigenvalue weighted by atomic mass is 10.0. The maximum atomic E-state index is 13.1. The van der Waals surface area contributed by atoms with Gasteiger partial charge >= 0.3 is 5.97 Å².